The van der Waals surface area contributed by atoms with Gasteiger partial charge in [-0.25, -0.2) is 14.6 Å². The number of para-hydroxylation sites is 1. The van der Waals surface area contributed by atoms with Crippen LogP contribution in [0.15, 0.2) is 52.5 Å². The molecular formula is C24H24N6OS. The highest BCUT2D eigenvalue weighted by Crippen LogP contribution is 2.43. The maximum Gasteiger partial charge on any atom is 0.167 e. The predicted octanol–water partition coefficient (Wildman–Crippen LogP) is 4.59. The molecule has 0 fully saturated rings. The first-order chi connectivity index (χ1) is 15.2. The number of carbonyl (C=O) groups excluding carboxylic acids is 1. The third-order valence-corrected chi connectivity index (χ3v) is 7.05. The number of rotatable bonds is 3. The van der Waals surface area contributed by atoms with Gasteiger partial charge in [-0.3, -0.25) is 4.79 Å². The molecule has 32 heavy (non-hydrogen) atoms. The Morgan fingerprint density at radius 2 is 1.84 bits per heavy atom. The Hall–Kier alpha value is -3.39. The van der Waals surface area contributed by atoms with E-state index in [-0.39, 0.29) is 11.2 Å². The van der Waals surface area contributed by atoms with Crippen LogP contribution in [-0.2, 0) is 6.42 Å². The maximum absolute atomic E-state index is 12.9. The lowest BCUT2D eigenvalue weighted by molar-refractivity contribution is 0.0910. The molecule has 0 saturated carbocycles. The number of aryl methyl sites for hydroxylation is 1. The number of nitrogens with two attached hydrogens (primary N) is 2. The number of ketones is 1. The van der Waals surface area contributed by atoms with Gasteiger partial charge in [0.15, 0.2) is 5.78 Å². The molecular weight excluding hydrogens is 420 g/mol. The smallest absolute Gasteiger partial charge is 0.167 e. The van der Waals surface area contributed by atoms with Gasteiger partial charge in [0.05, 0.1) is 33.1 Å². The Morgan fingerprint density at radius 1 is 1.06 bits per heavy atom. The average Bonchev–Trinajstić information content (AvgIpc) is 3.05. The third-order valence-electron chi connectivity index (χ3n) is 5.85. The van der Waals surface area contributed by atoms with Crippen molar-refractivity contribution < 1.29 is 4.79 Å². The SMILES string of the molecule is Cc1nn(-c2ccc3c(N)ncnc3c2Sc2ccccc2N)c2c1C(=O)CC(C)(C)C2. The standard InChI is InChI=1S/C24H24N6OS/c1-13-20-17(10-24(2,3)11-18(20)31)30(29-13)16-9-8-14-21(27-12-28-23(14)26)22(16)32-19-7-5-4-6-15(19)25/h4-9,12H,10-11,25H2,1-3H3,(H2,26,27,28). The topological polar surface area (TPSA) is 113 Å². The van der Waals surface area contributed by atoms with Crippen molar-refractivity contribution in [3.8, 4) is 5.69 Å². The first-order valence-electron chi connectivity index (χ1n) is 10.4. The zero-order chi connectivity index (χ0) is 22.6. The van der Waals surface area contributed by atoms with Crippen LogP contribution in [0.5, 0.6) is 0 Å². The molecule has 0 aliphatic heterocycles. The van der Waals surface area contributed by atoms with Gasteiger partial charge in [-0.05, 0) is 43.0 Å². The van der Waals surface area contributed by atoms with Crippen LogP contribution < -0.4 is 11.5 Å². The molecule has 8 heteroatoms. The van der Waals surface area contributed by atoms with Gasteiger partial charge in [0.1, 0.15) is 12.1 Å². The highest BCUT2D eigenvalue weighted by atomic mass is 32.2. The first-order valence-corrected chi connectivity index (χ1v) is 11.2. The first kappa shape index (κ1) is 20.5. The van der Waals surface area contributed by atoms with Gasteiger partial charge in [0.2, 0.25) is 0 Å². The van der Waals surface area contributed by atoms with Crippen LogP contribution in [0.4, 0.5) is 11.5 Å². The number of fused-ring (bicyclic) bond motifs is 2. The molecule has 0 spiro atoms. The Kier molecular flexibility index (Phi) is 4.70. The molecule has 2 heterocycles. The summed E-state index contributed by atoms with van der Waals surface area (Å²) in [5.74, 6) is 0.563. The molecule has 4 N–H and O–H groups in total. The summed E-state index contributed by atoms with van der Waals surface area (Å²) in [6, 6.07) is 11.6. The Bertz CT molecular complexity index is 1390. The summed E-state index contributed by atoms with van der Waals surface area (Å²) in [4.78, 5) is 23.4. The molecule has 1 aliphatic rings. The molecule has 0 atom stereocenters. The lowest BCUT2D eigenvalue weighted by atomic mass is 9.75. The number of Topliss-reactive ketones (excluding diaryl/α,β-unsaturated/α-hetero) is 1. The van der Waals surface area contributed by atoms with Crippen molar-refractivity contribution >= 4 is 40.0 Å². The van der Waals surface area contributed by atoms with Crippen LogP contribution in [0.2, 0.25) is 0 Å². The fourth-order valence-corrected chi connectivity index (χ4v) is 5.47. The van der Waals surface area contributed by atoms with Crippen molar-refractivity contribution in [3.05, 3.63) is 59.7 Å². The van der Waals surface area contributed by atoms with E-state index in [4.69, 9.17) is 16.6 Å². The molecule has 0 unspecified atom stereocenters. The van der Waals surface area contributed by atoms with E-state index in [9.17, 15) is 4.79 Å². The van der Waals surface area contributed by atoms with Crippen molar-refractivity contribution in [1.29, 1.82) is 0 Å². The van der Waals surface area contributed by atoms with Crippen molar-refractivity contribution in [2.75, 3.05) is 11.5 Å². The highest BCUT2D eigenvalue weighted by Gasteiger charge is 2.36. The predicted molar refractivity (Wildman–Crippen MR) is 127 cm³/mol. The second-order valence-electron chi connectivity index (χ2n) is 8.97. The summed E-state index contributed by atoms with van der Waals surface area (Å²) in [7, 11) is 0. The molecule has 7 nitrogen and oxygen atoms in total. The van der Waals surface area contributed by atoms with E-state index in [0.29, 0.717) is 17.9 Å². The number of anilines is 2. The normalized spacial score (nSPS) is 15.2. The lowest BCUT2D eigenvalue weighted by Gasteiger charge is -2.29. The Morgan fingerprint density at radius 3 is 2.62 bits per heavy atom. The van der Waals surface area contributed by atoms with Crippen molar-refractivity contribution in [2.24, 2.45) is 5.41 Å². The van der Waals surface area contributed by atoms with Gasteiger partial charge in [-0.2, -0.15) is 5.10 Å². The maximum atomic E-state index is 12.9. The number of carbonyl (C=O) groups is 1. The van der Waals surface area contributed by atoms with Crippen molar-refractivity contribution in [1.82, 2.24) is 19.7 Å². The monoisotopic (exact) mass is 444 g/mol. The molecule has 0 bridgehead atoms. The fraction of sp³-hybridized carbons (Fsp3) is 0.250. The summed E-state index contributed by atoms with van der Waals surface area (Å²) in [5, 5.41) is 5.58. The van der Waals surface area contributed by atoms with Crippen LogP contribution >= 0.6 is 11.8 Å². The molecule has 2 aromatic carbocycles. The zero-order valence-corrected chi connectivity index (χ0v) is 19.0. The van der Waals surface area contributed by atoms with E-state index in [1.807, 2.05) is 48.0 Å². The Labute approximate surface area is 190 Å². The summed E-state index contributed by atoms with van der Waals surface area (Å²) < 4.78 is 1.91. The summed E-state index contributed by atoms with van der Waals surface area (Å²) in [6.07, 6.45) is 2.75. The van der Waals surface area contributed by atoms with Gasteiger partial charge in [0, 0.05) is 22.4 Å². The molecule has 4 aromatic rings. The second-order valence-corrected chi connectivity index (χ2v) is 10.0. The average molecular weight is 445 g/mol. The number of hydrogen-bond donors (Lipinski definition) is 2. The van der Waals surface area contributed by atoms with Crippen LogP contribution in [0.1, 0.15) is 42.0 Å². The van der Waals surface area contributed by atoms with E-state index < -0.39 is 0 Å². The van der Waals surface area contributed by atoms with Gasteiger partial charge >= 0.3 is 0 Å². The lowest BCUT2D eigenvalue weighted by Crippen LogP contribution is -2.28. The minimum absolute atomic E-state index is 0.130. The molecule has 2 aromatic heterocycles. The van der Waals surface area contributed by atoms with E-state index in [0.717, 1.165) is 49.8 Å². The van der Waals surface area contributed by atoms with Crippen LogP contribution in [-0.4, -0.2) is 25.5 Å². The molecule has 5 rings (SSSR count). The van der Waals surface area contributed by atoms with Crippen molar-refractivity contribution in [3.63, 3.8) is 0 Å². The minimum atomic E-state index is -0.130. The number of hydrogen-bond acceptors (Lipinski definition) is 7. The zero-order valence-electron chi connectivity index (χ0n) is 18.2. The molecule has 0 radical (unpaired) electrons. The van der Waals surface area contributed by atoms with Crippen molar-refractivity contribution in [2.45, 2.75) is 43.4 Å². The minimum Gasteiger partial charge on any atom is -0.398 e. The van der Waals surface area contributed by atoms with Crippen LogP contribution in [0.3, 0.4) is 0 Å². The van der Waals surface area contributed by atoms with Gasteiger partial charge < -0.3 is 11.5 Å². The summed E-state index contributed by atoms with van der Waals surface area (Å²) >= 11 is 1.52. The number of nitrogens with zero attached hydrogens (tertiary/aromatic N) is 4. The molecule has 162 valence electrons. The third kappa shape index (κ3) is 3.31. The van der Waals surface area contributed by atoms with E-state index in [1.165, 1.54) is 18.1 Å². The number of benzene rings is 2. The van der Waals surface area contributed by atoms with E-state index >= 15 is 0 Å². The molecule has 1 aliphatic carbocycles. The highest BCUT2D eigenvalue weighted by molar-refractivity contribution is 7.99. The van der Waals surface area contributed by atoms with Crippen LogP contribution in [0.25, 0.3) is 16.6 Å². The number of nitrogen functional groups attached to an aromatic ring is 2. The molecule has 0 amide bonds. The second kappa shape index (κ2) is 7.34. The molecule has 0 saturated heterocycles. The fourth-order valence-electron chi connectivity index (χ4n) is 4.40. The summed E-state index contributed by atoms with van der Waals surface area (Å²) in [5.41, 5.74) is 17.0. The number of aromatic nitrogens is 4. The van der Waals surface area contributed by atoms with Gasteiger partial charge in [0.25, 0.3) is 0 Å². The van der Waals surface area contributed by atoms with E-state index in [1.54, 1.807) is 0 Å². The quantitative estimate of drug-likeness (QED) is 0.444. The van der Waals surface area contributed by atoms with Crippen LogP contribution in [0, 0.1) is 12.3 Å². The van der Waals surface area contributed by atoms with Gasteiger partial charge in [-0.1, -0.05) is 37.7 Å². The summed E-state index contributed by atoms with van der Waals surface area (Å²) in [6.45, 7) is 6.14. The van der Waals surface area contributed by atoms with E-state index in [2.05, 4.69) is 23.8 Å². The largest absolute Gasteiger partial charge is 0.398 e. The Balaban J connectivity index is 1.79. The van der Waals surface area contributed by atoms with Gasteiger partial charge in [-0.15, -0.1) is 0 Å².